The highest BCUT2D eigenvalue weighted by Gasteiger charge is 2.25. The lowest BCUT2D eigenvalue weighted by atomic mass is 9.81. The quantitative estimate of drug-likeness (QED) is 0.586. The zero-order valence-electron chi connectivity index (χ0n) is 15.0. The Bertz CT molecular complexity index is 664. The molecule has 0 nitrogen and oxygen atoms in total. The van der Waals surface area contributed by atoms with Gasteiger partial charge in [0.1, 0.15) is 0 Å². The Kier molecular flexibility index (Phi) is 5.20. The fraction of sp³-hybridized carbons (Fsp3) is 0.478. The molecule has 0 aromatic heterocycles. The molecule has 1 aliphatic carbocycles. The first kappa shape index (κ1) is 16.3. The van der Waals surface area contributed by atoms with Gasteiger partial charge in [-0.1, -0.05) is 57.5 Å². The monoisotopic (exact) mass is 306 g/mol. The van der Waals surface area contributed by atoms with E-state index in [-0.39, 0.29) is 0 Å². The molecule has 0 saturated heterocycles. The third-order valence-electron chi connectivity index (χ3n) is 5.46. The number of fused-ring (bicyclic) bond motifs is 1. The van der Waals surface area contributed by atoms with Crippen LogP contribution in [0.25, 0.3) is 11.1 Å². The van der Waals surface area contributed by atoms with E-state index in [4.69, 9.17) is 0 Å². The number of hydrogen-bond donors (Lipinski definition) is 0. The van der Waals surface area contributed by atoms with Crippen molar-refractivity contribution in [2.24, 2.45) is 0 Å². The third kappa shape index (κ3) is 2.96. The maximum Gasteiger partial charge on any atom is -0.0114 e. The molecule has 0 unspecified atom stereocenters. The first-order valence-electron chi connectivity index (χ1n) is 9.55. The molecule has 1 aliphatic rings. The smallest absolute Gasteiger partial charge is 0.0114 e. The zero-order valence-corrected chi connectivity index (χ0v) is 15.0. The van der Waals surface area contributed by atoms with Gasteiger partial charge in [-0.2, -0.15) is 0 Å². The van der Waals surface area contributed by atoms with Gasteiger partial charge in [-0.15, -0.1) is 0 Å². The van der Waals surface area contributed by atoms with Crippen molar-refractivity contribution < 1.29 is 0 Å². The van der Waals surface area contributed by atoms with Gasteiger partial charge >= 0.3 is 0 Å². The van der Waals surface area contributed by atoms with E-state index < -0.39 is 0 Å². The number of rotatable bonds is 6. The van der Waals surface area contributed by atoms with E-state index in [1.807, 2.05) is 0 Å². The zero-order chi connectivity index (χ0) is 16.2. The first-order chi connectivity index (χ1) is 11.3. The van der Waals surface area contributed by atoms with Crippen LogP contribution >= 0.6 is 0 Å². The summed E-state index contributed by atoms with van der Waals surface area (Å²) in [6.45, 7) is 7.00. The molecule has 0 bridgehead atoms. The average Bonchev–Trinajstić information content (AvgIpc) is 3.08. The summed E-state index contributed by atoms with van der Waals surface area (Å²) in [4.78, 5) is 0. The van der Waals surface area contributed by atoms with E-state index in [2.05, 4.69) is 51.1 Å². The SMILES string of the molecule is CCCCc1c(CC)c(CC)c(-c2ccccc2)c2c1CCC2. The van der Waals surface area contributed by atoms with E-state index >= 15 is 0 Å². The van der Waals surface area contributed by atoms with Crippen molar-refractivity contribution in [1.82, 2.24) is 0 Å². The summed E-state index contributed by atoms with van der Waals surface area (Å²) in [5.74, 6) is 0. The van der Waals surface area contributed by atoms with Crippen LogP contribution in [-0.2, 0) is 32.1 Å². The van der Waals surface area contributed by atoms with Crippen LogP contribution in [-0.4, -0.2) is 0 Å². The normalized spacial score (nSPS) is 13.3. The predicted octanol–water partition coefficient (Wildman–Crippen LogP) is 6.31. The molecule has 0 fully saturated rings. The molecule has 0 atom stereocenters. The van der Waals surface area contributed by atoms with Crippen LogP contribution in [0.5, 0.6) is 0 Å². The molecule has 23 heavy (non-hydrogen) atoms. The standard InChI is InChI=1S/C23H30/c1-4-7-14-20-18(5-2)19(6-3)23(17-12-9-8-10-13-17)22-16-11-15-21(20)22/h8-10,12-13H,4-7,11,14-16H2,1-3H3. The molecule has 0 saturated carbocycles. The van der Waals surface area contributed by atoms with Gasteiger partial charge in [0.15, 0.2) is 0 Å². The summed E-state index contributed by atoms with van der Waals surface area (Å²) in [5.41, 5.74) is 11.4. The molecule has 0 spiro atoms. The predicted molar refractivity (Wildman–Crippen MR) is 101 cm³/mol. The molecule has 0 heterocycles. The molecule has 2 aromatic rings. The van der Waals surface area contributed by atoms with E-state index in [9.17, 15) is 0 Å². The van der Waals surface area contributed by atoms with Crippen molar-refractivity contribution in [3.8, 4) is 11.1 Å². The van der Waals surface area contributed by atoms with E-state index in [0.29, 0.717) is 0 Å². The molecule has 0 N–H and O–H groups in total. The summed E-state index contributed by atoms with van der Waals surface area (Å²) >= 11 is 0. The average molecular weight is 306 g/mol. The van der Waals surface area contributed by atoms with Crippen molar-refractivity contribution in [3.05, 3.63) is 58.1 Å². The molecule has 0 radical (unpaired) electrons. The van der Waals surface area contributed by atoms with Crippen molar-refractivity contribution in [2.75, 3.05) is 0 Å². The molecular weight excluding hydrogens is 276 g/mol. The number of unbranched alkanes of at least 4 members (excludes halogenated alkanes) is 1. The highest BCUT2D eigenvalue weighted by molar-refractivity contribution is 5.76. The second-order valence-corrected chi connectivity index (χ2v) is 6.80. The maximum atomic E-state index is 2.35. The molecule has 122 valence electrons. The summed E-state index contributed by atoms with van der Waals surface area (Å²) in [5, 5.41) is 0. The van der Waals surface area contributed by atoms with E-state index in [1.54, 1.807) is 33.4 Å². The largest absolute Gasteiger partial charge is 0.0654 e. The van der Waals surface area contributed by atoms with Gasteiger partial charge in [-0.25, -0.2) is 0 Å². The van der Waals surface area contributed by atoms with Gasteiger partial charge in [0.2, 0.25) is 0 Å². The molecule has 0 amide bonds. The fourth-order valence-electron chi connectivity index (χ4n) is 4.48. The summed E-state index contributed by atoms with van der Waals surface area (Å²) in [6, 6.07) is 11.1. The minimum Gasteiger partial charge on any atom is -0.0654 e. The number of benzene rings is 2. The van der Waals surface area contributed by atoms with Crippen LogP contribution < -0.4 is 0 Å². The summed E-state index contributed by atoms with van der Waals surface area (Å²) in [6.07, 6.45) is 10.1. The van der Waals surface area contributed by atoms with Gasteiger partial charge in [0.05, 0.1) is 0 Å². The van der Waals surface area contributed by atoms with Gasteiger partial charge in [-0.3, -0.25) is 0 Å². The lowest BCUT2D eigenvalue weighted by molar-refractivity contribution is 0.775. The van der Waals surface area contributed by atoms with Crippen LogP contribution in [0.15, 0.2) is 30.3 Å². The fourth-order valence-corrected chi connectivity index (χ4v) is 4.48. The Morgan fingerprint density at radius 2 is 1.48 bits per heavy atom. The van der Waals surface area contributed by atoms with Crippen molar-refractivity contribution in [2.45, 2.75) is 72.1 Å². The van der Waals surface area contributed by atoms with Crippen LogP contribution in [0.1, 0.15) is 67.9 Å². The Balaban J connectivity index is 2.26. The minimum absolute atomic E-state index is 1.15. The second kappa shape index (κ2) is 7.34. The summed E-state index contributed by atoms with van der Waals surface area (Å²) in [7, 11) is 0. The lowest BCUT2D eigenvalue weighted by Gasteiger charge is -2.23. The van der Waals surface area contributed by atoms with Crippen LogP contribution in [0, 0.1) is 0 Å². The molecular formula is C23H30. The third-order valence-corrected chi connectivity index (χ3v) is 5.46. The van der Waals surface area contributed by atoms with Gasteiger partial charge < -0.3 is 0 Å². The van der Waals surface area contributed by atoms with E-state index in [1.165, 1.54) is 50.5 Å². The molecule has 0 aliphatic heterocycles. The van der Waals surface area contributed by atoms with E-state index in [0.717, 1.165) is 6.42 Å². The number of hydrogen-bond acceptors (Lipinski definition) is 0. The Morgan fingerprint density at radius 3 is 2.13 bits per heavy atom. The van der Waals surface area contributed by atoms with Crippen LogP contribution in [0.3, 0.4) is 0 Å². The summed E-state index contributed by atoms with van der Waals surface area (Å²) < 4.78 is 0. The van der Waals surface area contributed by atoms with Gasteiger partial charge in [0, 0.05) is 0 Å². The first-order valence-corrected chi connectivity index (χ1v) is 9.55. The highest BCUT2D eigenvalue weighted by Crippen LogP contribution is 2.41. The molecule has 0 heteroatoms. The van der Waals surface area contributed by atoms with Gasteiger partial charge in [-0.05, 0) is 83.9 Å². The van der Waals surface area contributed by atoms with Crippen molar-refractivity contribution in [3.63, 3.8) is 0 Å². The maximum absolute atomic E-state index is 2.35. The second-order valence-electron chi connectivity index (χ2n) is 6.80. The highest BCUT2D eigenvalue weighted by atomic mass is 14.3. The molecule has 2 aromatic carbocycles. The van der Waals surface area contributed by atoms with Crippen LogP contribution in [0.2, 0.25) is 0 Å². The Labute approximate surface area is 141 Å². The Hall–Kier alpha value is -1.56. The lowest BCUT2D eigenvalue weighted by Crippen LogP contribution is -2.08. The van der Waals surface area contributed by atoms with Crippen LogP contribution in [0.4, 0.5) is 0 Å². The molecule has 3 rings (SSSR count). The van der Waals surface area contributed by atoms with Crippen molar-refractivity contribution in [1.29, 1.82) is 0 Å². The van der Waals surface area contributed by atoms with Gasteiger partial charge in [0.25, 0.3) is 0 Å². The Morgan fingerprint density at radius 1 is 0.783 bits per heavy atom. The topological polar surface area (TPSA) is 0 Å². The van der Waals surface area contributed by atoms with Crippen molar-refractivity contribution >= 4 is 0 Å². The minimum atomic E-state index is 1.15.